The number of aromatic amines is 1. The van der Waals surface area contributed by atoms with E-state index in [4.69, 9.17) is 11.6 Å². The second-order valence-electron chi connectivity index (χ2n) is 5.48. The molecule has 2 aromatic rings. The number of hydrogen-bond donors (Lipinski definition) is 1. The minimum absolute atomic E-state index is 0.125. The first-order valence-electron chi connectivity index (χ1n) is 7.28. The van der Waals surface area contributed by atoms with E-state index in [1.807, 2.05) is 4.98 Å². The number of aryl methyl sites for hydroxylation is 2. The summed E-state index contributed by atoms with van der Waals surface area (Å²) in [5.41, 5.74) is -4.11. The standard InChI is InChI=1S/C7H4ClF5N2.C7H5F5N2O/c1-3-14-4(2-5(8)15-3)6(9,10)7(11,12)13;1-3-13-4(2-5(15)14-3)6(8,9)7(10,11)12/h2H,1H3;2H,1H3,(H,13,14,15). The average molecular weight is 475 g/mol. The van der Waals surface area contributed by atoms with Crippen LogP contribution in [0.3, 0.4) is 0 Å². The molecule has 2 aromatic heterocycles. The maximum Gasteiger partial charge on any atom is 0.459 e. The molecule has 0 saturated heterocycles. The zero-order chi connectivity index (χ0) is 23.7. The summed E-state index contributed by atoms with van der Waals surface area (Å²) in [7, 11) is 0. The van der Waals surface area contributed by atoms with Crippen molar-refractivity contribution in [1.29, 1.82) is 0 Å². The molecular weight excluding hydrogens is 466 g/mol. The monoisotopic (exact) mass is 474 g/mol. The van der Waals surface area contributed by atoms with E-state index in [0.717, 1.165) is 6.92 Å². The number of aromatic nitrogens is 4. The van der Waals surface area contributed by atoms with E-state index in [2.05, 4.69) is 15.0 Å². The van der Waals surface area contributed by atoms with Crippen LogP contribution in [0.4, 0.5) is 43.9 Å². The highest BCUT2D eigenvalue weighted by molar-refractivity contribution is 6.29. The van der Waals surface area contributed by atoms with Crippen LogP contribution in [0.5, 0.6) is 0 Å². The molecule has 5 nitrogen and oxygen atoms in total. The zero-order valence-corrected chi connectivity index (χ0v) is 15.3. The van der Waals surface area contributed by atoms with Gasteiger partial charge in [0.25, 0.3) is 5.56 Å². The lowest BCUT2D eigenvalue weighted by molar-refractivity contribution is -0.291. The van der Waals surface area contributed by atoms with Gasteiger partial charge in [-0.15, -0.1) is 0 Å². The largest absolute Gasteiger partial charge is 0.459 e. The normalized spacial score (nSPS) is 13.0. The molecular formula is C14H9ClF10N4O. The molecule has 168 valence electrons. The Labute approximate surface area is 165 Å². The van der Waals surface area contributed by atoms with E-state index in [0.29, 0.717) is 6.07 Å². The van der Waals surface area contributed by atoms with Gasteiger partial charge >= 0.3 is 24.2 Å². The molecule has 2 rings (SSSR count). The van der Waals surface area contributed by atoms with Gasteiger partial charge in [0, 0.05) is 12.1 Å². The number of nitrogens with zero attached hydrogens (tertiary/aromatic N) is 3. The van der Waals surface area contributed by atoms with Gasteiger partial charge in [-0.1, -0.05) is 11.6 Å². The SMILES string of the molecule is Cc1nc(C(F)(F)C(F)(F)F)cc(=O)[nH]1.Cc1nc(Cl)cc(C(F)(F)C(F)(F)F)n1. The molecule has 0 bridgehead atoms. The van der Waals surface area contributed by atoms with Crippen LogP contribution in [0.2, 0.25) is 5.15 Å². The molecule has 0 aromatic carbocycles. The first kappa shape index (κ1) is 25.6. The Morgan fingerprint density at radius 1 is 0.767 bits per heavy atom. The third-order valence-electron chi connectivity index (χ3n) is 3.02. The molecule has 0 amide bonds. The first-order chi connectivity index (χ1) is 13.3. The lowest BCUT2D eigenvalue weighted by atomic mass is 10.2. The van der Waals surface area contributed by atoms with Crippen molar-refractivity contribution in [3.05, 3.63) is 50.7 Å². The number of rotatable bonds is 2. The number of H-pyrrole nitrogens is 1. The number of halogens is 11. The van der Waals surface area contributed by atoms with Crippen molar-refractivity contribution in [2.45, 2.75) is 38.0 Å². The average Bonchev–Trinajstić information content (AvgIpc) is 2.51. The van der Waals surface area contributed by atoms with Crippen LogP contribution in [0.25, 0.3) is 0 Å². The third kappa shape index (κ3) is 5.79. The molecule has 1 N–H and O–H groups in total. The van der Waals surface area contributed by atoms with Gasteiger partial charge in [-0.3, -0.25) is 4.79 Å². The van der Waals surface area contributed by atoms with Crippen molar-refractivity contribution < 1.29 is 43.9 Å². The maximum absolute atomic E-state index is 12.7. The van der Waals surface area contributed by atoms with Crippen LogP contribution in [-0.4, -0.2) is 32.3 Å². The first-order valence-corrected chi connectivity index (χ1v) is 7.66. The molecule has 0 aliphatic heterocycles. The molecule has 30 heavy (non-hydrogen) atoms. The second kappa shape index (κ2) is 8.35. The van der Waals surface area contributed by atoms with Crippen molar-refractivity contribution in [2.75, 3.05) is 0 Å². The minimum Gasteiger partial charge on any atom is -0.311 e. The van der Waals surface area contributed by atoms with Gasteiger partial charge in [-0.2, -0.15) is 43.9 Å². The molecule has 16 heteroatoms. The predicted molar refractivity (Wildman–Crippen MR) is 81.3 cm³/mol. The second-order valence-corrected chi connectivity index (χ2v) is 5.87. The van der Waals surface area contributed by atoms with E-state index in [1.165, 1.54) is 6.92 Å². The quantitative estimate of drug-likeness (QED) is 0.500. The van der Waals surface area contributed by atoms with Gasteiger partial charge in [0.1, 0.15) is 28.2 Å². The summed E-state index contributed by atoms with van der Waals surface area (Å²) < 4.78 is 122. The van der Waals surface area contributed by atoms with Crippen LogP contribution in [0.1, 0.15) is 23.0 Å². The van der Waals surface area contributed by atoms with Crippen LogP contribution in [0.15, 0.2) is 16.9 Å². The Kier molecular flexibility index (Phi) is 7.12. The Hall–Kier alpha value is -2.45. The van der Waals surface area contributed by atoms with Crippen molar-refractivity contribution >= 4 is 11.6 Å². The Bertz CT molecular complexity index is 935. The highest BCUT2D eigenvalue weighted by Crippen LogP contribution is 2.43. The summed E-state index contributed by atoms with van der Waals surface area (Å²) in [5, 5.41) is -0.457. The van der Waals surface area contributed by atoms with E-state index < -0.39 is 46.3 Å². The summed E-state index contributed by atoms with van der Waals surface area (Å²) in [6.45, 7) is 2.28. The van der Waals surface area contributed by atoms with Crippen LogP contribution < -0.4 is 5.56 Å². The summed E-state index contributed by atoms with van der Waals surface area (Å²) >= 11 is 5.25. The van der Waals surface area contributed by atoms with Gasteiger partial charge < -0.3 is 4.98 Å². The van der Waals surface area contributed by atoms with Gasteiger partial charge in [-0.05, 0) is 13.8 Å². The summed E-state index contributed by atoms with van der Waals surface area (Å²) in [5.74, 6) is -10.7. The lowest BCUT2D eigenvalue weighted by Crippen LogP contribution is -2.35. The van der Waals surface area contributed by atoms with Crippen LogP contribution in [-0.2, 0) is 11.8 Å². The summed E-state index contributed by atoms with van der Waals surface area (Å²) in [4.78, 5) is 22.0. The van der Waals surface area contributed by atoms with E-state index in [-0.39, 0.29) is 17.7 Å². The summed E-state index contributed by atoms with van der Waals surface area (Å²) in [6, 6.07) is 0.516. The van der Waals surface area contributed by atoms with Crippen molar-refractivity contribution in [1.82, 2.24) is 19.9 Å². The molecule has 0 fully saturated rings. The van der Waals surface area contributed by atoms with Crippen molar-refractivity contribution in [3.8, 4) is 0 Å². The van der Waals surface area contributed by atoms with Gasteiger partial charge in [0.2, 0.25) is 0 Å². The molecule has 0 spiro atoms. The minimum atomic E-state index is -5.76. The van der Waals surface area contributed by atoms with Crippen molar-refractivity contribution in [2.24, 2.45) is 0 Å². The number of nitrogens with one attached hydrogen (secondary N) is 1. The predicted octanol–water partition coefficient (Wildman–Crippen LogP) is 4.82. The molecule has 0 atom stereocenters. The third-order valence-corrected chi connectivity index (χ3v) is 3.22. The fourth-order valence-electron chi connectivity index (χ4n) is 1.72. The van der Waals surface area contributed by atoms with Crippen LogP contribution in [0, 0.1) is 13.8 Å². The number of alkyl halides is 10. The van der Waals surface area contributed by atoms with E-state index >= 15 is 0 Å². The Balaban J connectivity index is 0.000000300. The lowest BCUT2D eigenvalue weighted by Gasteiger charge is -2.18. The molecule has 0 aliphatic carbocycles. The van der Waals surface area contributed by atoms with E-state index in [1.54, 1.807) is 0 Å². The topological polar surface area (TPSA) is 71.5 Å². The molecule has 0 aliphatic rings. The fourth-order valence-corrected chi connectivity index (χ4v) is 1.95. The molecule has 2 heterocycles. The fraction of sp³-hybridized carbons (Fsp3) is 0.429. The molecule has 0 saturated carbocycles. The summed E-state index contributed by atoms with van der Waals surface area (Å²) in [6.07, 6.45) is -11.5. The molecule has 0 radical (unpaired) electrons. The highest BCUT2D eigenvalue weighted by atomic mass is 35.5. The van der Waals surface area contributed by atoms with Gasteiger partial charge in [0.15, 0.2) is 0 Å². The Morgan fingerprint density at radius 3 is 1.57 bits per heavy atom. The zero-order valence-electron chi connectivity index (χ0n) is 14.6. The maximum atomic E-state index is 12.7. The highest BCUT2D eigenvalue weighted by Gasteiger charge is 2.60. The Morgan fingerprint density at radius 2 is 1.20 bits per heavy atom. The van der Waals surface area contributed by atoms with Gasteiger partial charge in [0.05, 0.1) is 0 Å². The van der Waals surface area contributed by atoms with Crippen LogP contribution >= 0.6 is 11.6 Å². The van der Waals surface area contributed by atoms with Gasteiger partial charge in [-0.25, -0.2) is 15.0 Å². The number of hydrogen-bond acceptors (Lipinski definition) is 4. The smallest absolute Gasteiger partial charge is 0.311 e. The molecule has 0 unspecified atom stereocenters. The van der Waals surface area contributed by atoms with Crippen molar-refractivity contribution in [3.63, 3.8) is 0 Å². The van der Waals surface area contributed by atoms with E-state index in [9.17, 15) is 48.7 Å².